The summed E-state index contributed by atoms with van der Waals surface area (Å²) in [5, 5.41) is 4.92. The molecule has 2 aromatic heterocycles. The van der Waals surface area contributed by atoms with Crippen molar-refractivity contribution < 1.29 is 17.6 Å². The number of carbonyl (C=O) groups is 1. The molecule has 1 amide bonds. The Morgan fingerprint density at radius 2 is 2.29 bits per heavy atom. The molecule has 1 N–H and O–H groups in total. The van der Waals surface area contributed by atoms with E-state index < -0.39 is 15.8 Å². The average Bonchev–Trinajstić information content (AvgIpc) is 3.09. The molecule has 0 aromatic carbocycles. The summed E-state index contributed by atoms with van der Waals surface area (Å²) in [4.78, 5) is 16.3. The van der Waals surface area contributed by atoms with Crippen molar-refractivity contribution in [3.8, 4) is 11.5 Å². The molecule has 21 heavy (non-hydrogen) atoms. The van der Waals surface area contributed by atoms with E-state index in [-0.39, 0.29) is 17.4 Å². The van der Waals surface area contributed by atoms with E-state index in [1.807, 2.05) is 19.1 Å². The van der Waals surface area contributed by atoms with E-state index in [4.69, 9.17) is 4.42 Å². The Bertz CT molecular complexity index is 776. The molecule has 0 saturated carbocycles. The molecule has 0 unspecified atom stereocenters. The predicted octanol–water partition coefficient (Wildman–Crippen LogP) is 2.08. The van der Waals surface area contributed by atoms with Crippen LogP contribution < -0.4 is 5.32 Å². The number of rotatable bonds is 3. The zero-order chi connectivity index (χ0) is 15.0. The Hall–Kier alpha value is -1.67. The van der Waals surface area contributed by atoms with E-state index in [0.717, 1.165) is 5.76 Å². The van der Waals surface area contributed by atoms with Gasteiger partial charge in [0.05, 0.1) is 17.4 Å². The number of anilines is 1. The summed E-state index contributed by atoms with van der Waals surface area (Å²) in [5.41, 5.74) is 0.655. The highest BCUT2D eigenvalue weighted by Gasteiger charge is 2.33. The van der Waals surface area contributed by atoms with Crippen LogP contribution in [0, 0.1) is 12.8 Å². The van der Waals surface area contributed by atoms with Crippen molar-refractivity contribution in [1.82, 2.24) is 4.98 Å². The minimum absolute atomic E-state index is 0.0750. The van der Waals surface area contributed by atoms with Gasteiger partial charge in [0, 0.05) is 5.38 Å². The summed E-state index contributed by atoms with van der Waals surface area (Å²) in [7, 11) is -3.06. The lowest BCUT2D eigenvalue weighted by molar-refractivity contribution is -0.119. The molecule has 8 heteroatoms. The summed E-state index contributed by atoms with van der Waals surface area (Å²) in [6.45, 7) is 1.85. The van der Waals surface area contributed by atoms with Gasteiger partial charge in [-0.3, -0.25) is 4.79 Å². The molecule has 0 bridgehead atoms. The van der Waals surface area contributed by atoms with Crippen LogP contribution in [-0.2, 0) is 14.6 Å². The van der Waals surface area contributed by atoms with Gasteiger partial charge < -0.3 is 9.73 Å². The first-order valence-electron chi connectivity index (χ1n) is 6.46. The first kappa shape index (κ1) is 14.3. The number of hydrogen-bond acceptors (Lipinski definition) is 6. The van der Waals surface area contributed by atoms with Crippen molar-refractivity contribution in [3.63, 3.8) is 0 Å². The Labute approximate surface area is 126 Å². The molecule has 6 nitrogen and oxygen atoms in total. The lowest BCUT2D eigenvalue weighted by Gasteiger charge is -2.06. The van der Waals surface area contributed by atoms with Crippen molar-refractivity contribution in [2.75, 3.05) is 16.8 Å². The lowest BCUT2D eigenvalue weighted by Crippen LogP contribution is -2.23. The summed E-state index contributed by atoms with van der Waals surface area (Å²) in [5.74, 6) is 0.683. The minimum atomic E-state index is -3.06. The van der Waals surface area contributed by atoms with Gasteiger partial charge in [-0.1, -0.05) is 0 Å². The molecule has 1 atom stereocenters. The molecule has 1 aliphatic rings. The van der Waals surface area contributed by atoms with E-state index in [2.05, 4.69) is 10.3 Å². The molecular weight excluding hydrogens is 312 g/mol. The van der Waals surface area contributed by atoms with Crippen LogP contribution in [0.25, 0.3) is 11.5 Å². The third-order valence-corrected chi connectivity index (χ3v) is 5.86. The maximum absolute atomic E-state index is 12.0. The maximum atomic E-state index is 12.0. The van der Waals surface area contributed by atoms with Crippen LogP contribution in [0.5, 0.6) is 0 Å². The van der Waals surface area contributed by atoms with Crippen molar-refractivity contribution in [3.05, 3.63) is 23.3 Å². The van der Waals surface area contributed by atoms with E-state index >= 15 is 0 Å². The van der Waals surface area contributed by atoms with Gasteiger partial charge in [-0.15, -0.1) is 11.3 Å². The predicted molar refractivity (Wildman–Crippen MR) is 79.9 cm³/mol. The second-order valence-electron chi connectivity index (χ2n) is 5.04. The van der Waals surface area contributed by atoms with Crippen molar-refractivity contribution in [2.45, 2.75) is 13.3 Å². The summed E-state index contributed by atoms with van der Waals surface area (Å²) in [6, 6.07) is 3.66. The van der Waals surface area contributed by atoms with Crippen LogP contribution >= 0.6 is 11.3 Å². The van der Waals surface area contributed by atoms with Crippen LogP contribution in [0.15, 0.2) is 21.9 Å². The molecule has 0 aliphatic carbocycles. The fourth-order valence-corrected chi connectivity index (χ4v) is 4.67. The molecule has 0 spiro atoms. The van der Waals surface area contributed by atoms with Crippen molar-refractivity contribution >= 4 is 32.2 Å². The number of furan rings is 1. The number of nitrogens with one attached hydrogen (secondary N) is 1. The third kappa shape index (κ3) is 3.16. The van der Waals surface area contributed by atoms with Gasteiger partial charge >= 0.3 is 0 Å². The van der Waals surface area contributed by atoms with Gasteiger partial charge in [0.2, 0.25) is 5.91 Å². The number of sulfone groups is 1. The van der Waals surface area contributed by atoms with Crippen molar-refractivity contribution in [2.24, 2.45) is 5.92 Å². The summed E-state index contributed by atoms with van der Waals surface area (Å²) >= 11 is 1.29. The largest absolute Gasteiger partial charge is 0.460 e. The van der Waals surface area contributed by atoms with E-state index in [1.54, 1.807) is 5.38 Å². The van der Waals surface area contributed by atoms with Gasteiger partial charge in [0.1, 0.15) is 11.5 Å². The normalized spacial score (nSPS) is 20.5. The van der Waals surface area contributed by atoms with Gasteiger partial charge in [-0.2, -0.15) is 0 Å². The number of thiazole rings is 1. The van der Waals surface area contributed by atoms with E-state index in [1.165, 1.54) is 11.3 Å². The minimum Gasteiger partial charge on any atom is -0.460 e. The van der Waals surface area contributed by atoms with Crippen LogP contribution in [0.2, 0.25) is 0 Å². The zero-order valence-electron chi connectivity index (χ0n) is 11.3. The molecule has 2 aromatic rings. The fourth-order valence-electron chi connectivity index (χ4n) is 2.23. The number of nitrogens with zero attached hydrogens (tertiary/aromatic N) is 1. The SMILES string of the molecule is Cc1ccc(-c2csc(NC(=O)[C@H]3CCS(=O)(=O)C3)n2)o1. The number of aromatic nitrogens is 1. The first-order chi connectivity index (χ1) is 9.93. The highest BCUT2D eigenvalue weighted by Crippen LogP contribution is 2.27. The quantitative estimate of drug-likeness (QED) is 0.933. The number of aryl methyl sites for hydroxylation is 1. The lowest BCUT2D eigenvalue weighted by atomic mass is 10.1. The Morgan fingerprint density at radius 3 is 2.90 bits per heavy atom. The topological polar surface area (TPSA) is 89.3 Å². The van der Waals surface area contributed by atoms with E-state index in [0.29, 0.717) is 23.0 Å². The van der Waals surface area contributed by atoms with E-state index in [9.17, 15) is 13.2 Å². The summed E-state index contributed by atoms with van der Waals surface area (Å²) in [6.07, 6.45) is 0.379. The molecule has 112 valence electrons. The molecule has 1 saturated heterocycles. The van der Waals surface area contributed by atoms with Gasteiger partial charge in [0.15, 0.2) is 20.7 Å². The molecule has 3 rings (SSSR count). The van der Waals surface area contributed by atoms with Crippen LogP contribution in [0.1, 0.15) is 12.2 Å². The fraction of sp³-hybridized carbons (Fsp3) is 0.385. The molecule has 3 heterocycles. The number of hydrogen-bond donors (Lipinski definition) is 1. The van der Waals surface area contributed by atoms with Crippen molar-refractivity contribution in [1.29, 1.82) is 0 Å². The van der Waals surface area contributed by atoms with Gasteiger partial charge in [-0.25, -0.2) is 13.4 Å². The van der Waals surface area contributed by atoms with Crippen LogP contribution in [0.3, 0.4) is 0 Å². The highest BCUT2D eigenvalue weighted by molar-refractivity contribution is 7.91. The Kier molecular flexibility index (Phi) is 3.58. The van der Waals surface area contributed by atoms with Gasteiger partial charge in [0.25, 0.3) is 0 Å². The molecular formula is C13H14N2O4S2. The smallest absolute Gasteiger partial charge is 0.230 e. The maximum Gasteiger partial charge on any atom is 0.230 e. The highest BCUT2D eigenvalue weighted by atomic mass is 32.2. The van der Waals surface area contributed by atoms with Crippen LogP contribution in [0.4, 0.5) is 5.13 Å². The number of carbonyl (C=O) groups excluding carboxylic acids is 1. The Morgan fingerprint density at radius 1 is 1.48 bits per heavy atom. The van der Waals surface area contributed by atoms with Gasteiger partial charge in [-0.05, 0) is 25.5 Å². The molecule has 0 radical (unpaired) electrons. The monoisotopic (exact) mass is 326 g/mol. The Balaban J connectivity index is 1.69. The third-order valence-electron chi connectivity index (χ3n) is 3.33. The second-order valence-corrected chi connectivity index (χ2v) is 8.12. The second kappa shape index (κ2) is 5.27. The standard InChI is InChI=1S/C13H14N2O4S2/c1-8-2-3-11(19-8)10-6-20-13(14-10)15-12(16)9-4-5-21(17,18)7-9/h2-3,6,9H,4-5,7H2,1H3,(H,14,15,16)/t9-/m0/s1. The average molecular weight is 326 g/mol. The zero-order valence-corrected chi connectivity index (χ0v) is 13.0. The molecule has 1 fully saturated rings. The van der Waals surface area contributed by atoms with Crippen LogP contribution in [-0.4, -0.2) is 30.8 Å². The first-order valence-corrected chi connectivity index (χ1v) is 9.17. The molecule has 1 aliphatic heterocycles. The summed E-state index contributed by atoms with van der Waals surface area (Å²) < 4.78 is 28.2. The number of amides is 1.